The van der Waals surface area contributed by atoms with Crippen LogP contribution in [-0.2, 0) is 18.6 Å². The zero-order valence-corrected chi connectivity index (χ0v) is 12.5. The molecule has 0 aliphatic carbocycles. The van der Waals surface area contributed by atoms with E-state index in [0.29, 0.717) is 13.2 Å². The van der Waals surface area contributed by atoms with E-state index in [1.54, 1.807) is 11.3 Å². The number of benzene rings is 1. The van der Waals surface area contributed by atoms with Crippen LogP contribution in [0.1, 0.15) is 37.0 Å². The molecule has 2 N–H and O–H groups in total. The molecule has 0 spiro atoms. The van der Waals surface area contributed by atoms with E-state index in [0.717, 1.165) is 16.5 Å². The molecule has 0 bridgehead atoms. The Hall–Kier alpha value is -1.39. The van der Waals surface area contributed by atoms with Crippen LogP contribution >= 0.6 is 11.3 Å². The molecule has 4 heteroatoms. The van der Waals surface area contributed by atoms with Crippen molar-refractivity contribution in [2.75, 3.05) is 0 Å². The monoisotopic (exact) mass is 276 g/mol. The zero-order chi connectivity index (χ0) is 13.9. The molecule has 0 amide bonds. The Kier molecular flexibility index (Phi) is 4.22. The molecule has 2 aromatic rings. The van der Waals surface area contributed by atoms with Gasteiger partial charge in [0.25, 0.3) is 0 Å². The molecule has 1 aromatic carbocycles. The fourth-order valence-electron chi connectivity index (χ4n) is 1.72. The largest absolute Gasteiger partial charge is 0.487 e. The Bertz CT molecular complexity index is 543. The second-order valence-electron chi connectivity index (χ2n) is 5.50. The first-order valence-corrected chi connectivity index (χ1v) is 7.23. The lowest BCUT2D eigenvalue weighted by molar-refractivity contribution is 0.301. The minimum atomic E-state index is 0.132. The van der Waals surface area contributed by atoms with E-state index in [9.17, 15) is 0 Å². The van der Waals surface area contributed by atoms with Crippen molar-refractivity contribution < 1.29 is 4.74 Å². The van der Waals surface area contributed by atoms with E-state index < -0.39 is 0 Å². The minimum Gasteiger partial charge on any atom is -0.487 e. The van der Waals surface area contributed by atoms with Crippen molar-refractivity contribution in [3.63, 3.8) is 0 Å². The first kappa shape index (κ1) is 14.0. The van der Waals surface area contributed by atoms with Crippen molar-refractivity contribution in [2.45, 2.75) is 39.3 Å². The summed E-state index contributed by atoms with van der Waals surface area (Å²) < 4.78 is 5.79. The fraction of sp³-hybridized carbons (Fsp3) is 0.400. The molecule has 0 fully saturated rings. The molecular formula is C15H20N2OS. The van der Waals surface area contributed by atoms with E-state index in [2.05, 4.69) is 37.9 Å². The van der Waals surface area contributed by atoms with Crippen molar-refractivity contribution in [3.8, 4) is 5.75 Å². The van der Waals surface area contributed by atoms with Gasteiger partial charge in [-0.2, -0.15) is 0 Å². The number of aromatic nitrogens is 1. The molecule has 0 saturated heterocycles. The number of nitrogens with two attached hydrogens (primary N) is 1. The number of ether oxygens (including phenoxy) is 1. The van der Waals surface area contributed by atoms with Crippen molar-refractivity contribution in [1.29, 1.82) is 0 Å². The predicted molar refractivity (Wildman–Crippen MR) is 79.5 cm³/mol. The number of thiazole rings is 1. The van der Waals surface area contributed by atoms with Crippen LogP contribution in [-0.4, -0.2) is 4.98 Å². The Labute approximate surface area is 118 Å². The number of hydrogen-bond donors (Lipinski definition) is 1. The highest BCUT2D eigenvalue weighted by Gasteiger charge is 2.14. The van der Waals surface area contributed by atoms with E-state index in [-0.39, 0.29) is 5.41 Å². The third-order valence-electron chi connectivity index (χ3n) is 2.86. The Morgan fingerprint density at radius 3 is 2.74 bits per heavy atom. The van der Waals surface area contributed by atoms with Crippen LogP contribution in [0.4, 0.5) is 0 Å². The molecule has 0 unspecified atom stereocenters. The highest BCUT2D eigenvalue weighted by molar-refractivity contribution is 7.09. The Morgan fingerprint density at radius 1 is 1.32 bits per heavy atom. The third-order valence-corrected chi connectivity index (χ3v) is 3.78. The minimum absolute atomic E-state index is 0.132. The van der Waals surface area contributed by atoms with Gasteiger partial charge in [-0.1, -0.05) is 32.9 Å². The lowest BCUT2D eigenvalue weighted by atomic mass is 9.87. The summed E-state index contributed by atoms with van der Waals surface area (Å²) in [4.78, 5) is 4.38. The highest BCUT2D eigenvalue weighted by atomic mass is 32.1. The molecule has 2 rings (SSSR count). The van der Waals surface area contributed by atoms with Gasteiger partial charge < -0.3 is 10.5 Å². The molecular weight excluding hydrogens is 256 g/mol. The van der Waals surface area contributed by atoms with Gasteiger partial charge in [-0.15, -0.1) is 11.3 Å². The second-order valence-corrected chi connectivity index (χ2v) is 6.45. The topological polar surface area (TPSA) is 48.1 Å². The summed E-state index contributed by atoms with van der Waals surface area (Å²) in [5.74, 6) is 0.884. The maximum Gasteiger partial charge on any atom is 0.131 e. The maximum atomic E-state index is 5.79. The normalized spacial score (nSPS) is 11.6. The van der Waals surface area contributed by atoms with Crippen LogP contribution in [0.15, 0.2) is 29.6 Å². The molecule has 102 valence electrons. The SMILES string of the molecule is CC(C)(C)c1cccc(OCc2csc(CN)n2)c1. The molecule has 0 atom stereocenters. The van der Waals surface area contributed by atoms with Gasteiger partial charge in [-0.05, 0) is 23.1 Å². The van der Waals surface area contributed by atoms with Crippen molar-refractivity contribution >= 4 is 11.3 Å². The van der Waals surface area contributed by atoms with Gasteiger partial charge in [0.1, 0.15) is 17.4 Å². The van der Waals surface area contributed by atoms with Gasteiger partial charge in [0.15, 0.2) is 0 Å². The summed E-state index contributed by atoms with van der Waals surface area (Å²) >= 11 is 1.58. The summed E-state index contributed by atoms with van der Waals surface area (Å²) in [6, 6.07) is 8.23. The van der Waals surface area contributed by atoms with Crippen molar-refractivity contribution in [3.05, 3.63) is 45.9 Å². The van der Waals surface area contributed by atoms with E-state index in [4.69, 9.17) is 10.5 Å². The zero-order valence-electron chi connectivity index (χ0n) is 11.6. The first-order valence-electron chi connectivity index (χ1n) is 6.36. The highest BCUT2D eigenvalue weighted by Crippen LogP contribution is 2.26. The van der Waals surface area contributed by atoms with Gasteiger partial charge in [0.05, 0.1) is 5.69 Å². The van der Waals surface area contributed by atoms with Crippen LogP contribution in [0.5, 0.6) is 5.75 Å². The molecule has 1 heterocycles. The second kappa shape index (κ2) is 5.72. The standard InChI is InChI=1S/C15H20N2OS/c1-15(2,3)11-5-4-6-13(7-11)18-9-12-10-19-14(8-16)17-12/h4-7,10H,8-9,16H2,1-3H3. The molecule has 1 aromatic heterocycles. The van der Waals surface area contributed by atoms with Gasteiger partial charge >= 0.3 is 0 Å². The summed E-state index contributed by atoms with van der Waals surface area (Å²) in [6.07, 6.45) is 0. The van der Waals surface area contributed by atoms with Gasteiger partial charge in [-0.3, -0.25) is 0 Å². The van der Waals surface area contributed by atoms with Crippen molar-refractivity contribution in [1.82, 2.24) is 4.98 Å². The Morgan fingerprint density at radius 2 is 2.11 bits per heavy atom. The van der Waals surface area contributed by atoms with E-state index in [1.807, 2.05) is 17.5 Å². The molecule has 0 saturated carbocycles. The number of rotatable bonds is 4. The van der Waals surface area contributed by atoms with Crippen LogP contribution in [0, 0.1) is 0 Å². The van der Waals surface area contributed by atoms with E-state index >= 15 is 0 Å². The molecule has 0 aliphatic rings. The molecule has 3 nitrogen and oxygen atoms in total. The van der Waals surface area contributed by atoms with Crippen LogP contribution in [0.2, 0.25) is 0 Å². The summed E-state index contributed by atoms with van der Waals surface area (Å²) in [7, 11) is 0. The smallest absolute Gasteiger partial charge is 0.131 e. The Balaban J connectivity index is 2.03. The predicted octanol–water partition coefficient (Wildman–Crippen LogP) is 3.48. The van der Waals surface area contributed by atoms with Gasteiger partial charge in [0.2, 0.25) is 0 Å². The summed E-state index contributed by atoms with van der Waals surface area (Å²) in [5, 5.41) is 2.94. The maximum absolute atomic E-state index is 5.79. The van der Waals surface area contributed by atoms with E-state index in [1.165, 1.54) is 5.56 Å². The average Bonchev–Trinajstić information content (AvgIpc) is 2.84. The molecule has 0 radical (unpaired) electrons. The lowest BCUT2D eigenvalue weighted by Crippen LogP contribution is -2.11. The quantitative estimate of drug-likeness (QED) is 0.930. The molecule has 19 heavy (non-hydrogen) atoms. The third kappa shape index (κ3) is 3.78. The lowest BCUT2D eigenvalue weighted by Gasteiger charge is -2.19. The van der Waals surface area contributed by atoms with Gasteiger partial charge in [-0.25, -0.2) is 4.98 Å². The molecule has 0 aliphatic heterocycles. The van der Waals surface area contributed by atoms with Crippen LogP contribution in [0.3, 0.4) is 0 Å². The summed E-state index contributed by atoms with van der Waals surface area (Å²) in [5.41, 5.74) is 7.88. The van der Waals surface area contributed by atoms with Crippen LogP contribution < -0.4 is 10.5 Å². The fourth-order valence-corrected chi connectivity index (χ4v) is 2.38. The van der Waals surface area contributed by atoms with Crippen molar-refractivity contribution in [2.24, 2.45) is 5.73 Å². The average molecular weight is 276 g/mol. The number of nitrogens with zero attached hydrogens (tertiary/aromatic N) is 1. The van der Waals surface area contributed by atoms with Gasteiger partial charge in [0, 0.05) is 11.9 Å². The first-order chi connectivity index (χ1) is 8.99. The number of hydrogen-bond acceptors (Lipinski definition) is 4. The van der Waals surface area contributed by atoms with Crippen LogP contribution in [0.25, 0.3) is 0 Å². The summed E-state index contributed by atoms with van der Waals surface area (Å²) in [6.45, 7) is 7.56.